The van der Waals surface area contributed by atoms with Gasteiger partial charge in [-0.05, 0) is 68.8 Å². The second kappa shape index (κ2) is 8.67. The van der Waals surface area contributed by atoms with Gasteiger partial charge in [0.15, 0.2) is 0 Å². The zero-order valence-corrected chi connectivity index (χ0v) is 18.1. The van der Waals surface area contributed by atoms with Crippen LogP contribution in [-0.4, -0.2) is 17.9 Å². The number of ether oxygens (including phenoxy) is 1. The molecule has 0 unspecified atom stereocenters. The molecule has 1 aliphatic heterocycles. The summed E-state index contributed by atoms with van der Waals surface area (Å²) in [4.78, 5) is 27.7. The molecule has 0 saturated heterocycles. The highest BCUT2D eigenvalue weighted by Crippen LogP contribution is 2.34. The van der Waals surface area contributed by atoms with Gasteiger partial charge in [-0.15, -0.1) is 0 Å². The highest BCUT2D eigenvalue weighted by molar-refractivity contribution is 6.46. The molecule has 0 spiro atoms. The summed E-state index contributed by atoms with van der Waals surface area (Å²) >= 11 is 0. The van der Waals surface area contributed by atoms with Crippen molar-refractivity contribution in [3.63, 3.8) is 0 Å². The fourth-order valence-electron chi connectivity index (χ4n) is 3.52. The molecule has 3 aromatic carbocycles. The van der Waals surface area contributed by atoms with Gasteiger partial charge in [0.1, 0.15) is 17.3 Å². The fourth-order valence-corrected chi connectivity index (χ4v) is 3.52. The lowest BCUT2D eigenvalue weighted by molar-refractivity contribution is -0.120. The first-order valence-corrected chi connectivity index (χ1v) is 10.3. The number of amides is 2. The maximum Gasteiger partial charge on any atom is 0.282 e. The molecule has 2 amide bonds. The van der Waals surface area contributed by atoms with Crippen LogP contribution in [0.4, 0.5) is 15.8 Å². The van der Waals surface area contributed by atoms with E-state index in [4.69, 9.17) is 4.74 Å². The van der Waals surface area contributed by atoms with Crippen LogP contribution >= 0.6 is 0 Å². The fraction of sp³-hybridized carbons (Fsp3) is 0.154. The van der Waals surface area contributed by atoms with Gasteiger partial charge >= 0.3 is 0 Å². The van der Waals surface area contributed by atoms with Crippen LogP contribution in [0.25, 0.3) is 5.57 Å². The first-order chi connectivity index (χ1) is 15.3. The second-order valence-electron chi connectivity index (χ2n) is 7.86. The lowest BCUT2D eigenvalue weighted by Crippen LogP contribution is -2.32. The molecule has 0 radical (unpaired) electrons. The van der Waals surface area contributed by atoms with Crippen molar-refractivity contribution < 1.29 is 18.7 Å². The molecular weight excluding hydrogens is 407 g/mol. The van der Waals surface area contributed by atoms with Crippen LogP contribution in [0.2, 0.25) is 0 Å². The third-order valence-electron chi connectivity index (χ3n) is 4.99. The quantitative estimate of drug-likeness (QED) is 0.538. The number of aryl methyl sites for hydroxylation is 1. The number of nitrogens with zero attached hydrogens (tertiary/aromatic N) is 1. The number of nitrogens with one attached hydrogen (secondary N) is 1. The van der Waals surface area contributed by atoms with E-state index in [-0.39, 0.29) is 23.1 Å². The summed E-state index contributed by atoms with van der Waals surface area (Å²) < 4.78 is 19.5. The molecule has 32 heavy (non-hydrogen) atoms. The van der Waals surface area contributed by atoms with Crippen molar-refractivity contribution >= 4 is 28.8 Å². The molecule has 4 rings (SSSR count). The Labute approximate surface area is 186 Å². The minimum Gasteiger partial charge on any atom is -0.491 e. The number of carbonyl (C=O) groups is 2. The van der Waals surface area contributed by atoms with Crippen LogP contribution in [0, 0.1) is 12.7 Å². The third kappa shape index (κ3) is 4.25. The van der Waals surface area contributed by atoms with E-state index in [1.807, 2.05) is 45.0 Å². The number of halogens is 1. The Balaban J connectivity index is 1.77. The predicted molar refractivity (Wildman–Crippen MR) is 123 cm³/mol. The minimum atomic E-state index is -0.543. The Morgan fingerprint density at radius 1 is 0.906 bits per heavy atom. The van der Waals surface area contributed by atoms with Crippen molar-refractivity contribution in [3.05, 3.63) is 95.4 Å². The average Bonchev–Trinajstić information content (AvgIpc) is 2.99. The Morgan fingerprint density at radius 3 is 2.22 bits per heavy atom. The Hall–Kier alpha value is -3.93. The van der Waals surface area contributed by atoms with Crippen LogP contribution in [0.15, 0.2) is 78.5 Å². The number of imide groups is 1. The van der Waals surface area contributed by atoms with Crippen LogP contribution in [0.1, 0.15) is 25.0 Å². The van der Waals surface area contributed by atoms with E-state index in [0.29, 0.717) is 17.0 Å². The van der Waals surface area contributed by atoms with Crippen molar-refractivity contribution in [1.29, 1.82) is 0 Å². The van der Waals surface area contributed by atoms with E-state index in [1.54, 1.807) is 24.3 Å². The van der Waals surface area contributed by atoms with E-state index < -0.39 is 17.6 Å². The Morgan fingerprint density at radius 2 is 1.59 bits per heavy atom. The second-order valence-corrected chi connectivity index (χ2v) is 7.86. The predicted octanol–water partition coefficient (Wildman–Crippen LogP) is 5.32. The van der Waals surface area contributed by atoms with E-state index in [0.717, 1.165) is 10.5 Å². The van der Waals surface area contributed by atoms with E-state index >= 15 is 0 Å². The number of carbonyl (C=O) groups excluding carboxylic acids is 2. The van der Waals surface area contributed by atoms with Gasteiger partial charge in [0.05, 0.1) is 17.4 Å². The van der Waals surface area contributed by atoms with E-state index in [2.05, 4.69) is 5.32 Å². The van der Waals surface area contributed by atoms with Crippen molar-refractivity contribution in [2.75, 3.05) is 10.2 Å². The maximum atomic E-state index is 13.8. The first-order valence-electron chi connectivity index (χ1n) is 10.3. The lowest BCUT2D eigenvalue weighted by atomic mass is 10.0. The van der Waals surface area contributed by atoms with Crippen molar-refractivity contribution in [2.45, 2.75) is 26.9 Å². The van der Waals surface area contributed by atoms with Crippen molar-refractivity contribution in [3.8, 4) is 5.75 Å². The normalized spacial score (nSPS) is 13.8. The Bertz CT molecular complexity index is 1200. The third-order valence-corrected chi connectivity index (χ3v) is 4.99. The molecule has 1 N–H and O–H groups in total. The van der Waals surface area contributed by atoms with Crippen LogP contribution in [0.5, 0.6) is 5.75 Å². The van der Waals surface area contributed by atoms with Gasteiger partial charge in [0.2, 0.25) is 0 Å². The van der Waals surface area contributed by atoms with Gasteiger partial charge in [-0.1, -0.05) is 35.9 Å². The molecular formula is C26H23FN2O3. The molecule has 0 aliphatic carbocycles. The standard InChI is InChI=1S/C26H23FN2O3/c1-16(2)32-22-13-9-18(10-14-22)23-24(28-20-11-7-17(3)8-12-20)26(31)29(25(23)30)21-6-4-5-19(27)15-21/h4-16,28H,1-3H3. The van der Waals surface area contributed by atoms with Crippen molar-refractivity contribution in [1.82, 2.24) is 0 Å². The first kappa shape index (κ1) is 21.3. The molecule has 0 aromatic heterocycles. The van der Waals surface area contributed by atoms with Gasteiger partial charge < -0.3 is 10.1 Å². The highest BCUT2D eigenvalue weighted by Gasteiger charge is 2.40. The zero-order valence-electron chi connectivity index (χ0n) is 18.1. The summed E-state index contributed by atoms with van der Waals surface area (Å²) in [5.41, 5.74) is 2.84. The van der Waals surface area contributed by atoms with Crippen LogP contribution in [-0.2, 0) is 9.59 Å². The minimum absolute atomic E-state index is 0.0111. The topological polar surface area (TPSA) is 58.6 Å². The summed E-state index contributed by atoms with van der Waals surface area (Å²) in [6, 6.07) is 19.9. The molecule has 3 aromatic rings. The number of benzene rings is 3. The molecule has 162 valence electrons. The molecule has 0 fully saturated rings. The summed E-state index contributed by atoms with van der Waals surface area (Å²) in [5.74, 6) is -0.928. The monoisotopic (exact) mass is 430 g/mol. The van der Waals surface area contributed by atoms with Gasteiger partial charge in [-0.25, -0.2) is 9.29 Å². The molecule has 0 atom stereocenters. The van der Waals surface area contributed by atoms with E-state index in [9.17, 15) is 14.0 Å². The molecule has 1 aliphatic rings. The largest absolute Gasteiger partial charge is 0.491 e. The molecule has 1 heterocycles. The molecule has 6 heteroatoms. The summed E-state index contributed by atoms with van der Waals surface area (Å²) in [6.07, 6.45) is 0.0111. The summed E-state index contributed by atoms with van der Waals surface area (Å²) in [5, 5.41) is 3.10. The molecule has 0 bridgehead atoms. The number of hydrogen-bond acceptors (Lipinski definition) is 4. The number of rotatable bonds is 6. The average molecular weight is 430 g/mol. The molecule has 0 saturated carbocycles. The van der Waals surface area contributed by atoms with Crippen LogP contribution < -0.4 is 15.0 Å². The number of anilines is 2. The smallest absolute Gasteiger partial charge is 0.282 e. The summed E-state index contributed by atoms with van der Waals surface area (Å²) in [7, 11) is 0. The van der Waals surface area contributed by atoms with Gasteiger partial charge in [-0.3, -0.25) is 9.59 Å². The van der Waals surface area contributed by atoms with Gasteiger partial charge in [0, 0.05) is 5.69 Å². The lowest BCUT2D eigenvalue weighted by Gasteiger charge is -2.15. The van der Waals surface area contributed by atoms with E-state index in [1.165, 1.54) is 24.3 Å². The summed E-state index contributed by atoms with van der Waals surface area (Å²) in [6.45, 7) is 5.82. The molecule has 5 nitrogen and oxygen atoms in total. The zero-order chi connectivity index (χ0) is 22.8. The number of hydrogen-bond donors (Lipinski definition) is 1. The maximum absolute atomic E-state index is 13.8. The van der Waals surface area contributed by atoms with Crippen LogP contribution in [0.3, 0.4) is 0 Å². The Kier molecular flexibility index (Phi) is 5.77. The van der Waals surface area contributed by atoms with Gasteiger partial charge in [-0.2, -0.15) is 0 Å². The van der Waals surface area contributed by atoms with Gasteiger partial charge in [0.25, 0.3) is 11.8 Å². The highest BCUT2D eigenvalue weighted by atomic mass is 19.1. The van der Waals surface area contributed by atoms with Crippen molar-refractivity contribution in [2.24, 2.45) is 0 Å². The SMILES string of the molecule is Cc1ccc(NC2=C(c3ccc(OC(C)C)cc3)C(=O)N(c3cccc(F)c3)C2=O)cc1.